The van der Waals surface area contributed by atoms with Crippen molar-refractivity contribution in [3.63, 3.8) is 0 Å². The second kappa shape index (κ2) is 12.1. The van der Waals surface area contributed by atoms with Crippen molar-refractivity contribution >= 4 is 17.2 Å². The van der Waals surface area contributed by atoms with Crippen LogP contribution in [0.2, 0.25) is 0 Å². The highest BCUT2D eigenvalue weighted by Gasteiger charge is 2.58. The van der Waals surface area contributed by atoms with Crippen LogP contribution in [0.15, 0.2) is 79.3 Å². The Morgan fingerprint density at radius 2 is 1.81 bits per heavy atom. The smallest absolute Gasteiger partial charge is 0.323 e. The highest BCUT2D eigenvalue weighted by Crippen LogP contribution is 2.46. The van der Waals surface area contributed by atoms with Crippen molar-refractivity contribution < 1.29 is 31.9 Å². The van der Waals surface area contributed by atoms with Crippen molar-refractivity contribution in [2.75, 3.05) is 0 Å². The van der Waals surface area contributed by atoms with E-state index in [9.17, 15) is 23.1 Å². The number of nitrogens with one attached hydrogen (secondary N) is 1. The van der Waals surface area contributed by atoms with Gasteiger partial charge >= 0.3 is 5.92 Å². The number of hydrogen-bond acceptors (Lipinski definition) is 7. The molecule has 1 amide bonds. The number of hydrogen-bond donors (Lipinski definition) is 2. The fourth-order valence-electron chi connectivity index (χ4n) is 4.11. The van der Waals surface area contributed by atoms with Gasteiger partial charge in [0.05, 0.1) is 16.3 Å². The van der Waals surface area contributed by atoms with Crippen molar-refractivity contribution in [3.8, 4) is 11.8 Å². The van der Waals surface area contributed by atoms with Crippen molar-refractivity contribution in [2.24, 2.45) is 0 Å². The van der Waals surface area contributed by atoms with E-state index < -0.39 is 46.8 Å². The van der Waals surface area contributed by atoms with Gasteiger partial charge in [-0.25, -0.2) is 17.9 Å². The minimum Gasteiger partial charge on any atom is -0.377 e. The molecular formula is C29H19F5N6O2S. The first-order valence-corrected chi connectivity index (χ1v) is 13.2. The summed E-state index contributed by atoms with van der Waals surface area (Å²) in [6.07, 6.45) is 2.01. The molecule has 0 saturated carbocycles. The highest BCUT2D eigenvalue weighted by molar-refractivity contribution is 7.14. The van der Waals surface area contributed by atoms with Crippen LogP contribution in [-0.4, -0.2) is 36.2 Å². The summed E-state index contributed by atoms with van der Waals surface area (Å²) in [6.45, 7) is -0.841. The number of aliphatic hydroxyl groups is 1. The van der Waals surface area contributed by atoms with Gasteiger partial charge in [0.15, 0.2) is 5.60 Å². The normalized spacial score (nSPS) is 12.7. The van der Waals surface area contributed by atoms with Gasteiger partial charge in [-0.3, -0.25) is 9.78 Å². The number of alkyl halides is 2. The molecule has 1 unspecified atom stereocenters. The summed E-state index contributed by atoms with van der Waals surface area (Å²) in [6, 6.07) is 13.0. The van der Waals surface area contributed by atoms with Gasteiger partial charge in [-0.1, -0.05) is 24.0 Å². The van der Waals surface area contributed by atoms with Gasteiger partial charge in [-0.05, 0) is 64.5 Å². The zero-order chi connectivity index (χ0) is 30.6. The second-order valence-corrected chi connectivity index (χ2v) is 10.3. The molecule has 2 aromatic carbocycles. The molecular weight excluding hydrogens is 591 g/mol. The molecule has 8 nitrogen and oxygen atoms in total. The molecule has 5 rings (SSSR count). The Labute approximate surface area is 244 Å². The third kappa shape index (κ3) is 6.42. The van der Waals surface area contributed by atoms with Gasteiger partial charge in [0.1, 0.15) is 29.5 Å². The first kappa shape index (κ1) is 29.5. The van der Waals surface area contributed by atoms with E-state index in [0.29, 0.717) is 21.4 Å². The number of carbonyl (C=O) groups is 1. The average molecular weight is 611 g/mol. The lowest BCUT2D eigenvalue weighted by Crippen LogP contribution is -2.48. The molecule has 218 valence electrons. The zero-order valence-corrected chi connectivity index (χ0v) is 22.6. The number of benzene rings is 2. The van der Waals surface area contributed by atoms with Crippen LogP contribution < -0.4 is 5.32 Å². The molecule has 5 aromatic rings. The van der Waals surface area contributed by atoms with Gasteiger partial charge in [-0.15, -0.1) is 16.4 Å². The molecule has 0 bridgehead atoms. The van der Waals surface area contributed by atoms with Crippen LogP contribution in [-0.2, 0) is 24.6 Å². The molecule has 14 heteroatoms. The van der Waals surface area contributed by atoms with Gasteiger partial charge in [0, 0.05) is 29.9 Å². The number of halogens is 5. The number of carbonyl (C=O) groups excluding carboxylic acids is 1. The van der Waals surface area contributed by atoms with E-state index in [4.69, 9.17) is 0 Å². The number of tetrazole rings is 1. The first-order chi connectivity index (χ1) is 20.5. The lowest BCUT2D eigenvalue weighted by molar-refractivity contribution is -0.207. The van der Waals surface area contributed by atoms with E-state index in [1.54, 1.807) is 24.3 Å². The van der Waals surface area contributed by atoms with E-state index in [1.165, 1.54) is 18.2 Å². The maximum absolute atomic E-state index is 15.9. The molecule has 3 heterocycles. The summed E-state index contributed by atoms with van der Waals surface area (Å²) in [4.78, 5) is 17.1. The van der Waals surface area contributed by atoms with Gasteiger partial charge in [-0.2, -0.15) is 8.78 Å². The number of nitrogens with zero attached hydrogens (tertiary/aromatic N) is 5. The Kier molecular flexibility index (Phi) is 8.29. The van der Waals surface area contributed by atoms with Crippen LogP contribution in [0.25, 0.3) is 0 Å². The minimum atomic E-state index is -4.20. The van der Waals surface area contributed by atoms with E-state index in [-0.39, 0.29) is 18.0 Å². The fraction of sp³-hybridized carbons (Fsp3) is 0.138. The van der Waals surface area contributed by atoms with Crippen LogP contribution in [0.4, 0.5) is 22.0 Å². The summed E-state index contributed by atoms with van der Waals surface area (Å²) in [5.41, 5.74) is -4.22. The lowest BCUT2D eigenvalue weighted by atomic mass is 9.84. The maximum atomic E-state index is 15.9. The summed E-state index contributed by atoms with van der Waals surface area (Å²) in [5.74, 6) is -1.81. The highest BCUT2D eigenvalue weighted by atomic mass is 32.1. The Morgan fingerprint density at radius 1 is 1.00 bits per heavy atom. The van der Waals surface area contributed by atoms with Crippen LogP contribution in [0.3, 0.4) is 0 Å². The number of pyridine rings is 1. The van der Waals surface area contributed by atoms with E-state index >= 15 is 8.78 Å². The van der Waals surface area contributed by atoms with Gasteiger partial charge in [0.25, 0.3) is 5.91 Å². The second-order valence-electron chi connectivity index (χ2n) is 9.22. The lowest BCUT2D eigenvalue weighted by Gasteiger charge is -2.35. The average Bonchev–Trinajstić information content (AvgIpc) is 3.67. The molecule has 0 aliphatic heterocycles. The van der Waals surface area contributed by atoms with Crippen molar-refractivity contribution in [2.45, 2.75) is 24.6 Å². The van der Waals surface area contributed by atoms with E-state index in [1.807, 2.05) is 0 Å². The largest absolute Gasteiger partial charge is 0.377 e. The molecule has 0 fully saturated rings. The molecule has 1 atom stereocenters. The van der Waals surface area contributed by atoms with Crippen LogP contribution >= 0.6 is 11.3 Å². The van der Waals surface area contributed by atoms with Gasteiger partial charge in [0.2, 0.25) is 0 Å². The maximum Gasteiger partial charge on any atom is 0.323 e. The standard InChI is InChI=1S/C29H19F5N6O2S/c30-20-3-1-2-19(12-20)15-36-27(41)25-10-8-22(43-25)7-4-18-5-11-26(35-14-18)29(33,34)28(42,16-40-17-37-38-39-40)23-9-6-21(31)13-24(23)32/h1-3,5-6,8-14,17,42H,15-16H2,(H,36,41). The van der Waals surface area contributed by atoms with Crippen molar-refractivity contribution in [1.29, 1.82) is 0 Å². The monoisotopic (exact) mass is 610 g/mol. The van der Waals surface area contributed by atoms with Gasteiger partial charge < -0.3 is 10.4 Å². The number of thiophene rings is 1. The topological polar surface area (TPSA) is 106 Å². The zero-order valence-electron chi connectivity index (χ0n) is 21.8. The Morgan fingerprint density at radius 3 is 2.51 bits per heavy atom. The predicted molar refractivity (Wildman–Crippen MR) is 144 cm³/mol. The Bertz CT molecular complexity index is 1820. The Balaban J connectivity index is 1.33. The predicted octanol–water partition coefficient (Wildman–Crippen LogP) is 4.56. The summed E-state index contributed by atoms with van der Waals surface area (Å²) in [5, 5.41) is 24.1. The van der Waals surface area contributed by atoms with Crippen LogP contribution in [0, 0.1) is 29.3 Å². The summed E-state index contributed by atoms with van der Waals surface area (Å²) in [7, 11) is 0. The number of amides is 1. The minimum absolute atomic E-state index is 0.136. The first-order valence-electron chi connectivity index (χ1n) is 12.4. The third-order valence-corrected chi connectivity index (χ3v) is 7.26. The summed E-state index contributed by atoms with van der Waals surface area (Å²) < 4.78 is 74.0. The SMILES string of the molecule is O=C(NCc1cccc(F)c1)c1ccc(C#Cc2ccc(C(F)(F)C(O)(Cn3cnnn3)c3ccc(F)cc3F)nc2)s1. The van der Waals surface area contributed by atoms with Crippen molar-refractivity contribution in [3.05, 3.63) is 129 Å². The fourth-order valence-corrected chi connectivity index (χ4v) is 4.88. The van der Waals surface area contributed by atoms with Crippen LogP contribution in [0.5, 0.6) is 0 Å². The van der Waals surface area contributed by atoms with Crippen molar-refractivity contribution in [1.82, 2.24) is 30.5 Å². The molecule has 3 aromatic heterocycles. The number of aromatic nitrogens is 5. The summed E-state index contributed by atoms with van der Waals surface area (Å²) >= 11 is 1.10. The molecule has 0 saturated heterocycles. The molecule has 43 heavy (non-hydrogen) atoms. The number of rotatable bonds is 8. The quantitative estimate of drug-likeness (QED) is 0.197. The molecule has 2 N–H and O–H groups in total. The van der Waals surface area contributed by atoms with E-state index in [0.717, 1.165) is 46.7 Å². The van der Waals surface area contributed by atoms with E-state index in [2.05, 4.69) is 37.7 Å². The van der Waals surface area contributed by atoms with Crippen LogP contribution in [0.1, 0.15) is 36.9 Å². The molecule has 0 aliphatic carbocycles. The molecule has 0 spiro atoms. The molecule has 0 aliphatic rings. The Hall–Kier alpha value is -5.00. The third-order valence-electron chi connectivity index (χ3n) is 6.27. The molecule has 0 radical (unpaired) electrons.